The van der Waals surface area contributed by atoms with Gasteiger partial charge in [0, 0.05) is 14.7 Å². The summed E-state index contributed by atoms with van der Waals surface area (Å²) in [5.41, 5.74) is 1.93. The highest BCUT2D eigenvalue weighted by molar-refractivity contribution is 14.1. The molecule has 0 fully saturated rings. The van der Waals surface area contributed by atoms with Crippen LogP contribution in [0.4, 0.5) is 0 Å². The molecule has 0 unspecified atom stereocenters. The Labute approximate surface area is 220 Å². The summed E-state index contributed by atoms with van der Waals surface area (Å²) in [5.74, 6) is -0.951. The van der Waals surface area contributed by atoms with E-state index in [9.17, 15) is 14.7 Å². The minimum Gasteiger partial charge on any atom is -0.487 e. The summed E-state index contributed by atoms with van der Waals surface area (Å²) in [6, 6.07) is 20.1. The second kappa shape index (κ2) is 11.3. The van der Waals surface area contributed by atoms with Crippen LogP contribution >= 0.6 is 67.8 Å². The summed E-state index contributed by atoms with van der Waals surface area (Å²) >= 11 is 6.61. The molecular formula is C23H16I3NO4. The van der Waals surface area contributed by atoms with Crippen LogP contribution in [0.1, 0.15) is 21.5 Å². The number of carbonyl (C=O) groups excluding carboxylic acids is 1. The van der Waals surface area contributed by atoms with Crippen LogP contribution in [0.5, 0.6) is 5.75 Å². The van der Waals surface area contributed by atoms with Gasteiger partial charge in [-0.25, -0.2) is 4.79 Å². The molecule has 2 N–H and O–H groups in total. The third-order valence-corrected chi connectivity index (χ3v) is 6.83. The smallest absolute Gasteiger partial charge is 0.352 e. The molecule has 3 rings (SSSR count). The first-order valence-corrected chi connectivity index (χ1v) is 12.3. The highest BCUT2D eigenvalue weighted by atomic mass is 127. The minimum atomic E-state index is -1.21. The van der Waals surface area contributed by atoms with Crippen molar-refractivity contribution >= 4 is 85.7 Å². The number of rotatable bonds is 7. The first-order valence-electron chi connectivity index (χ1n) is 9.02. The molecule has 0 spiro atoms. The summed E-state index contributed by atoms with van der Waals surface area (Å²) in [5, 5.41) is 12.0. The molecule has 5 nitrogen and oxygen atoms in total. The average Bonchev–Trinajstić information content (AvgIpc) is 2.74. The van der Waals surface area contributed by atoms with Crippen molar-refractivity contribution in [3.8, 4) is 5.75 Å². The molecule has 0 aliphatic heterocycles. The molecule has 0 aliphatic rings. The molecule has 1 amide bonds. The molecule has 0 bridgehead atoms. The Bertz CT molecular complexity index is 1120. The van der Waals surface area contributed by atoms with Gasteiger partial charge in [-0.3, -0.25) is 4.79 Å². The van der Waals surface area contributed by atoms with Gasteiger partial charge < -0.3 is 15.2 Å². The maximum absolute atomic E-state index is 12.3. The van der Waals surface area contributed by atoms with Gasteiger partial charge in [-0.2, -0.15) is 0 Å². The molecule has 31 heavy (non-hydrogen) atoms. The fourth-order valence-electron chi connectivity index (χ4n) is 2.67. The van der Waals surface area contributed by atoms with Crippen LogP contribution < -0.4 is 10.1 Å². The summed E-state index contributed by atoms with van der Waals surface area (Å²) in [4.78, 5) is 24.0. The van der Waals surface area contributed by atoms with E-state index in [1.165, 1.54) is 6.08 Å². The molecule has 0 aromatic heterocycles. The third-order valence-electron chi connectivity index (χ3n) is 4.18. The lowest BCUT2D eigenvalue weighted by molar-refractivity contribution is -0.132. The second-order valence-corrected chi connectivity index (χ2v) is 9.86. The Morgan fingerprint density at radius 2 is 1.52 bits per heavy atom. The highest BCUT2D eigenvalue weighted by Gasteiger charge is 2.15. The summed E-state index contributed by atoms with van der Waals surface area (Å²) < 4.78 is 8.86. The predicted molar refractivity (Wildman–Crippen MR) is 145 cm³/mol. The van der Waals surface area contributed by atoms with Gasteiger partial charge in [0.05, 0.1) is 7.14 Å². The predicted octanol–water partition coefficient (Wildman–Crippen LogP) is 5.93. The number of nitrogens with one attached hydrogen (secondary N) is 1. The number of halogens is 3. The minimum absolute atomic E-state index is 0.201. The van der Waals surface area contributed by atoms with Crippen molar-refractivity contribution in [1.29, 1.82) is 0 Å². The number of amides is 1. The van der Waals surface area contributed by atoms with Gasteiger partial charge in [0.1, 0.15) is 18.1 Å². The number of hydrogen-bond donors (Lipinski definition) is 2. The van der Waals surface area contributed by atoms with Crippen LogP contribution in [0.3, 0.4) is 0 Å². The monoisotopic (exact) mass is 751 g/mol. The zero-order valence-corrected chi connectivity index (χ0v) is 22.4. The molecule has 158 valence electrons. The Balaban J connectivity index is 1.81. The maximum Gasteiger partial charge on any atom is 0.352 e. The lowest BCUT2D eigenvalue weighted by Gasteiger charge is -2.13. The van der Waals surface area contributed by atoms with Gasteiger partial charge in [0.2, 0.25) is 0 Å². The van der Waals surface area contributed by atoms with E-state index < -0.39 is 11.9 Å². The van der Waals surface area contributed by atoms with Crippen molar-refractivity contribution < 1.29 is 19.4 Å². The first kappa shape index (κ1) is 24.0. The van der Waals surface area contributed by atoms with E-state index in [1.807, 2.05) is 36.4 Å². The highest BCUT2D eigenvalue weighted by Crippen LogP contribution is 2.31. The molecule has 0 radical (unpaired) electrons. The number of ether oxygens (including phenoxy) is 1. The molecule has 0 saturated heterocycles. The molecule has 0 heterocycles. The quantitative estimate of drug-likeness (QED) is 0.232. The van der Waals surface area contributed by atoms with Crippen molar-refractivity contribution in [2.45, 2.75) is 6.61 Å². The van der Waals surface area contributed by atoms with E-state index in [1.54, 1.807) is 30.3 Å². The first-order chi connectivity index (χ1) is 14.8. The van der Waals surface area contributed by atoms with Crippen molar-refractivity contribution in [1.82, 2.24) is 5.32 Å². The van der Waals surface area contributed by atoms with Crippen molar-refractivity contribution in [2.75, 3.05) is 0 Å². The third kappa shape index (κ3) is 6.65. The van der Waals surface area contributed by atoms with Crippen molar-refractivity contribution in [2.24, 2.45) is 0 Å². The van der Waals surface area contributed by atoms with E-state index >= 15 is 0 Å². The molecule has 0 atom stereocenters. The van der Waals surface area contributed by atoms with Gasteiger partial charge in [-0.05, 0) is 110 Å². The van der Waals surface area contributed by atoms with Crippen LogP contribution in [0, 0.1) is 10.7 Å². The van der Waals surface area contributed by atoms with E-state index in [0.29, 0.717) is 17.7 Å². The molecule has 0 aliphatic carbocycles. The Morgan fingerprint density at radius 3 is 2.13 bits per heavy atom. The van der Waals surface area contributed by atoms with Crippen LogP contribution in [-0.2, 0) is 11.4 Å². The van der Waals surface area contributed by atoms with Crippen LogP contribution in [0.25, 0.3) is 6.08 Å². The fourth-order valence-corrected chi connectivity index (χ4v) is 5.34. The SMILES string of the molecule is O=C(O)C(=Cc1cc(I)c(OCc2ccccc2I)c(I)c1)NC(=O)c1ccccc1. The number of carboxylic acid groups (broad SMARTS) is 1. The molecule has 8 heteroatoms. The maximum atomic E-state index is 12.3. The molecule has 3 aromatic rings. The average molecular weight is 751 g/mol. The zero-order chi connectivity index (χ0) is 22.4. The van der Waals surface area contributed by atoms with Gasteiger partial charge >= 0.3 is 5.97 Å². The number of carboxylic acids is 1. The van der Waals surface area contributed by atoms with Gasteiger partial charge in [0.15, 0.2) is 0 Å². The largest absolute Gasteiger partial charge is 0.487 e. The number of aliphatic carboxylic acids is 1. The van der Waals surface area contributed by atoms with Gasteiger partial charge in [-0.1, -0.05) is 36.4 Å². The van der Waals surface area contributed by atoms with Crippen LogP contribution in [-0.4, -0.2) is 17.0 Å². The van der Waals surface area contributed by atoms with E-state index in [-0.39, 0.29) is 5.70 Å². The Kier molecular flexibility index (Phi) is 8.72. The van der Waals surface area contributed by atoms with E-state index in [2.05, 4.69) is 73.1 Å². The lowest BCUT2D eigenvalue weighted by Crippen LogP contribution is -2.27. The van der Waals surface area contributed by atoms with Crippen molar-refractivity contribution in [3.63, 3.8) is 0 Å². The molecule has 3 aromatic carbocycles. The summed E-state index contributed by atoms with van der Waals surface area (Å²) in [6.07, 6.45) is 1.44. The Morgan fingerprint density at radius 1 is 0.903 bits per heavy atom. The lowest BCUT2D eigenvalue weighted by atomic mass is 10.1. The molecular weight excluding hydrogens is 735 g/mol. The standard InChI is InChI=1S/C23H16I3NO4/c24-17-9-5-4-8-16(17)13-31-21-18(25)10-14(11-19(21)26)12-20(23(29)30)27-22(28)15-6-2-1-3-7-15/h1-12H,13H2,(H,27,28)(H,29,30). The van der Waals surface area contributed by atoms with Crippen LogP contribution in [0.15, 0.2) is 72.4 Å². The normalized spacial score (nSPS) is 11.1. The van der Waals surface area contributed by atoms with Crippen molar-refractivity contribution in [3.05, 3.63) is 99.8 Å². The second-order valence-electron chi connectivity index (χ2n) is 6.38. The van der Waals surface area contributed by atoms with Crippen LogP contribution in [0.2, 0.25) is 0 Å². The topological polar surface area (TPSA) is 75.6 Å². The zero-order valence-electron chi connectivity index (χ0n) is 15.9. The number of carbonyl (C=O) groups is 2. The molecule has 0 saturated carbocycles. The summed E-state index contributed by atoms with van der Waals surface area (Å²) in [6.45, 7) is 0.438. The van der Waals surface area contributed by atoms with Gasteiger partial charge in [-0.15, -0.1) is 0 Å². The van der Waals surface area contributed by atoms with Gasteiger partial charge in [0.25, 0.3) is 5.91 Å². The summed E-state index contributed by atoms with van der Waals surface area (Å²) in [7, 11) is 0. The van der Waals surface area contributed by atoms with E-state index in [4.69, 9.17) is 4.74 Å². The number of benzene rings is 3. The Hall–Kier alpha value is -1.67. The van der Waals surface area contributed by atoms with E-state index in [0.717, 1.165) is 22.0 Å². The number of hydrogen-bond acceptors (Lipinski definition) is 3. The fraction of sp³-hybridized carbons (Fsp3) is 0.0435.